The molecule has 0 aliphatic carbocycles. The fourth-order valence-electron chi connectivity index (χ4n) is 1.92. The zero-order valence-corrected chi connectivity index (χ0v) is 11.7. The predicted molar refractivity (Wildman–Crippen MR) is 72.0 cm³/mol. The molecular formula is C13H21BN2O2. The molecule has 1 aromatic heterocycles. The standard InChI is InChI=1S/C13H21BN2O2/c1-9-7-6-8-10(16-9)11(15)14-17-12(2,3)13(4,5)18-14/h6-8,11H,15H2,1-5H3/t11-/m1/s1. The summed E-state index contributed by atoms with van der Waals surface area (Å²) in [6.45, 7) is 10.0. The van der Waals surface area contributed by atoms with Crippen molar-refractivity contribution in [1.29, 1.82) is 0 Å². The van der Waals surface area contributed by atoms with Gasteiger partial charge in [0.25, 0.3) is 0 Å². The Bertz CT molecular complexity index is 432. The van der Waals surface area contributed by atoms with Gasteiger partial charge in [0.2, 0.25) is 0 Å². The van der Waals surface area contributed by atoms with Crippen LogP contribution in [0.1, 0.15) is 45.0 Å². The molecule has 0 amide bonds. The summed E-state index contributed by atoms with van der Waals surface area (Å²) in [6, 6.07) is 5.80. The van der Waals surface area contributed by atoms with E-state index in [0.717, 1.165) is 11.4 Å². The summed E-state index contributed by atoms with van der Waals surface area (Å²) < 4.78 is 11.9. The highest BCUT2D eigenvalue weighted by Crippen LogP contribution is 2.39. The third-order valence-electron chi connectivity index (χ3n) is 3.82. The van der Waals surface area contributed by atoms with Gasteiger partial charge in [0.1, 0.15) is 0 Å². The second-order valence-electron chi connectivity index (χ2n) is 5.85. The molecule has 0 aromatic carbocycles. The zero-order valence-electron chi connectivity index (χ0n) is 11.7. The number of rotatable bonds is 2. The monoisotopic (exact) mass is 248 g/mol. The fourth-order valence-corrected chi connectivity index (χ4v) is 1.92. The first kappa shape index (κ1) is 13.5. The van der Waals surface area contributed by atoms with Gasteiger partial charge in [-0.25, -0.2) is 0 Å². The van der Waals surface area contributed by atoms with Gasteiger partial charge in [-0.05, 0) is 46.8 Å². The summed E-state index contributed by atoms with van der Waals surface area (Å²) in [5.41, 5.74) is 7.22. The molecule has 98 valence electrons. The van der Waals surface area contributed by atoms with Crippen LogP contribution in [0.5, 0.6) is 0 Å². The molecule has 1 aromatic rings. The van der Waals surface area contributed by atoms with Gasteiger partial charge >= 0.3 is 7.12 Å². The number of nitrogens with zero attached hydrogens (tertiary/aromatic N) is 1. The average Bonchev–Trinajstić information content (AvgIpc) is 2.47. The van der Waals surface area contributed by atoms with Gasteiger partial charge in [-0.3, -0.25) is 4.98 Å². The third kappa shape index (κ3) is 2.30. The van der Waals surface area contributed by atoms with Gasteiger partial charge in [-0.2, -0.15) is 0 Å². The van der Waals surface area contributed by atoms with Crippen LogP contribution in [0.4, 0.5) is 0 Å². The maximum atomic E-state index is 6.20. The first-order valence-electron chi connectivity index (χ1n) is 6.28. The Morgan fingerprint density at radius 1 is 1.17 bits per heavy atom. The first-order chi connectivity index (χ1) is 8.23. The van der Waals surface area contributed by atoms with E-state index >= 15 is 0 Å². The molecule has 2 heterocycles. The van der Waals surface area contributed by atoms with Crippen molar-refractivity contribution in [3.05, 3.63) is 29.6 Å². The largest absolute Gasteiger partial charge is 0.482 e. The van der Waals surface area contributed by atoms with Gasteiger partial charge in [0, 0.05) is 5.69 Å². The number of aromatic nitrogens is 1. The molecule has 0 spiro atoms. The molecule has 0 saturated carbocycles. The summed E-state index contributed by atoms with van der Waals surface area (Å²) in [7, 11) is -0.454. The van der Waals surface area contributed by atoms with Crippen LogP contribution < -0.4 is 5.73 Å². The van der Waals surface area contributed by atoms with Crippen LogP contribution in [0.15, 0.2) is 18.2 Å². The molecule has 0 unspecified atom stereocenters. The number of hydrogen-bond donors (Lipinski definition) is 1. The molecule has 1 aliphatic heterocycles. The third-order valence-corrected chi connectivity index (χ3v) is 3.82. The summed E-state index contributed by atoms with van der Waals surface area (Å²) in [5, 5.41) is 0. The minimum atomic E-state index is -0.454. The van der Waals surface area contributed by atoms with E-state index in [1.165, 1.54) is 0 Å². The lowest BCUT2D eigenvalue weighted by Crippen LogP contribution is -2.41. The molecular weight excluding hydrogens is 227 g/mol. The number of nitrogens with two attached hydrogens (primary N) is 1. The van der Waals surface area contributed by atoms with Gasteiger partial charge in [-0.15, -0.1) is 0 Å². The van der Waals surface area contributed by atoms with E-state index in [0.29, 0.717) is 0 Å². The van der Waals surface area contributed by atoms with E-state index in [1.54, 1.807) is 0 Å². The second kappa shape index (κ2) is 4.33. The van der Waals surface area contributed by atoms with Gasteiger partial charge in [0.05, 0.1) is 22.8 Å². The quantitative estimate of drug-likeness (QED) is 0.813. The summed E-state index contributed by atoms with van der Waals surface area (Å²) in [6.07, 6.45) is 0. The molecule has 2 rings (SSSR count). The van der Waals surface area contributed by atoms with Crippen LogP contribution in [0, 0.1) is 6.92 Å². The normalized spacial score (nSPS) is 23.1. The minimum absolute atomic E-state index is 0.362. The Hall–Kier alpha value is -0.905. The molecule has 1 fully saturated rings. The maximum absolute atomic E-state index is 6.20. The van der Waals surface area contributed by atoms with E-state index in [-0.39, 0.29) is 17.1 Å². The van der Waals surface area contributed by atoms with Gasteiger partial charge in [0.15, 0.2) is 0 Å². The molecule has 18 heavy (non-hydrogen) atoms. The number of hydrogen-bond acceptors (Lipinski definition) is 4. The van der Waals surface area contributed by atoms with E-state index < -0.39 is 7.12 Å². The van der Waals surface area contributed by atoms with E-state index in [4.69, 9.17) is 15.0 Å². The van der Waals surface area contributed by atoms with Crippen molar-refractivity contribution in [2.75, 3.05) is 0 Å². The van der Waals surface area contributed by atoms with Crippen molar-refractivity contribution in [3.8, 4) is 0 Å². The van der Waals surface area contributed by atoms with E-state index in [2.05, 4.69) is 4.98 Å². The number of aryl methyl sites for hydroxylation is 1. The van der Waals surface area contributed by atoms with E-state index in [9.17, 15) is 0 Å². The number of pyridine rings is 1. The lowest BCUT2D eigenvalue weighted by atomic mass is 9.77. The molecule has 4 nitrogen and oxygen atoms in total. The van der Waals surface area contributed by atoms with Gasteiger partial charge < -0.3 is 15.0 Å². The summed E-state index contributed by atoms with van der Waals surface area (Å²) in [4.78, 5) is 4.43. The van der Waals surface area contributed by atoms with Crippen molar-refractivity contribution in [1.82, 2.24) is 4.98 Å². The molecule has 0 bridgehead atoms. The molecule has 2 N–H and O–H groups in total. The van der Waals surface area contributed by atoms with Crippen LogP contribution in [-0.2, 0) is 9.31 Å². The van der Waals surface area contributed by atoms with Crippen molar-refractivity contribution < 1.29 is 9.31 Å². The molecule has 1 atom stereocenters. The molecule has 1 aliphatic rings. The summed E-state index contributed by atoms with van der Waals surface area (Å²) in [5.74, 6) is -0.369. The highest BCUT2D eigenvalue weighted by atomic mass is 16.7. The lowest BCUT2D eigenvalue weighted by Gasteiger charge is -2.32. The predicted octanol–water partition coefficient (Wildman–Crippen LogP) is 2.02. The van der Waals surface area contributed by atoms with Crippen molar-refractivity contribution in [2.45, 2.75) is 51.8 Å². The van der Waals surface area contributed by atoms with E-state index in [1.807, 2.05) is 52.8 Å². The highest BCUT2D eigenvalue weighted by Gasteiger charge is 2.53. The minimum Gasteiger partial charge on any atom is -0.402 e. The second-order valence-corrected chi connectivity index (χ2v) is 5.85. The average molecular weight is 248 g/mol. The topological polar surface area (TPSA) is 57.4 Å². The maximum Gasteiger partial charge on any atom is 0.482 e. The Labute approximate surface area is 109 Å². The smallest absolute Gasteiger partial charge is 0.402 e. The SMILES string of the molecule is Cc1cccc([C@@H](N)B2OC(C)(C)C(C)(C)O2)n1. The van der Waals surface area contributed by atoms with Crippen molar-refractivity contribution in [2.24, 2.45) is 5.73 Å². The fraction of sp³-hybridized carbons (Fsp3) is 0.615. The Kier molecular flexibility index (Phi) is 3.26. The molecule has 1 saturated heterocycles. The highest BCUT2D eigenvalue weighted by molar-refractivity contribution is 6.47. The van der Waals surface area contributed by atoms with Crippen molar-refractivity contribution in [3.63, 3.8) is 0 Å². The first-order valence-corrected chi connectivity index (χ1v) is 6.28. The Morgan fingerprint density at radius 3 is 2.22 bits per heavy atom. The van der Waals surface area contributed by atoms with Crippen molar-refractivity contribution >= 4 is 7.12 Å². The van der Waals surface area contributed by atoms with Crippen LogP contribution in [0.25, 0.3) is 0 Å². The molecule has 0 radical (unpaired) electrons. The van der Waals surface area contributed by atoms with Gasteiger partial charge in [-0.1, -0.05) is 6.07 Å². The molecule has 5 heteroatoms. The zero-order chi connectivity index (χ0) is 13.6. The Balaban J connectivity index is 2.20. The van der Waals surface area contributed by atoms with Crippen LogP contribution in [0.2, 0.25) is 0 Å². The Morgan fingerprint density at radius 2 is 1.72 bits per heavy atom. The lowest BCUT2D eigenvalue weighted by molar-refractivity contribution is 0.00578. The summed E-state index contributed by atoms with van der Waals surface area (Å²) >= 11 is 0. The van der Waals surface area contributed by atoms with Crippen LogP contribution in [0.3, 0.4) is 0 Å². The van der Waals surface area contributed by atoms with Crippen LogP contribution >= 0.6 is 0 Å². The van der Waals surface area contributed by atoms with Crippen LogP contribution in [-0.4, -0.2) is 23.3 Å².